The van der Waals surface area contributed by atoms with Crippen LogP contribution >= 0.6 is 0 Å². The molecule has 0 saturated carbocycles. The second kappa shape index (κ2) is 3.88. The molecule has 0 aromatic rings. The van der Waals surface area contributed by atoms with Crippen LogP contribution in [0.1, 0.15) is 27.7 Å². The highest BCUT2D eigenvalue weighted by atomic mass is 16.6. The fraction of sp³-hybridized carbons (Fsp3) is 0.455. The van der Waals surface area contributed by atoms with Gasteiger partial charge in [0.1, 0.15) is 11.4 Å². The maximum absolute atomic E-state index is 11.3. The quantitative estimate of drug-likeness (QED) is 0.488. The largest absolute Gasteiger partial charge is 0.457 e. The molecule has 15 heavy (non-hydrogen) atoms. The van der Waals surface area contributed by atoms with Crippen molar-refractivity contribution in [2.75, 3.05) is 0 Å². The number of esters is 2. The first-order chi connectivity index (χ1) is 6.78. The topological polar surface area (TPSA) is 52.6 Å². The van der Waals surface area contributed by atoms with Crippen LogP contribution in [-0.2, 0) is 19.1 Å². The highest BCUT2D eigenvalue weighted by molar-refractivity contribution is 5.91. The van der Waals surface area contributed by atoms with E-state index in [2.05, 4.69) is 0 Å². The van der Waals surface area contributed by atoms with Crippen LogP contribution in [0.2, 0.25) is 0 Å². The monoisotopic (exact) mass is 210 g/mol. The molecule has 0 saturated heterocycles. The minimum atomic E-state index is -0.547. The first kappa shape index (κ1) is 11.5. The van der Waals surface area contributed by atoms with Crippen molar-refractivity contribution in [3.63, 3.8) is 0 Å². The van der Waals surface area contributed by atoms with Gasteiger partial charge in [0.2, 0.25) is 0 Å². The molecule has 82 valence electrons. The molecule has 0 atom stereocenters. The first-order valence-electron chi connectivity index (χ1n) is 4.63. The van der Waals surface area contributed by atoms with Crippen molar-refractivity contribution in [1.29, 1.82) is 0 Å². The smallest absolute Gasteiger partial charge is 0.336 e. The van der Waals surface area contributed by atoms with E-state index in [0.717, 1.165) is 0 Å². The molecule has 0 fully saturated rings. The number of carbonyl (C=O) groups is 2. The van der Waals surface area contributed by atoms with Gasteiger partial charge in [0, 0.05) is 6.08 Å². The summed E-state index contributed by atoms with van der Waals surface area (Å²) in [6, 6.07) is 0. The lowest BCUT2D eigenvalue weighted by molar-refractivity contribution is -0.148. The van der Waals surface area contributed by atoms with E-state index in [-0.39, 0.29) is 5.76 Å². The fourth-order valence-corrected chi connectivity index (χ4v) is 1.05. The lowest BCUT2D eigenvalue weighted by Gasteiger charge is -2.18. The van der Waals surface area contributed by atoms with E-state index in [1.165, 1.54) is 12.2 Å². The summed E-state index contributed by atoms with van der Waals surface area (Å²) in [4.78, 5) is 22.2. The maximum Gasteiger partial charge on any atom is 0.336 e. The van der Waals surface area contributed by atoms with Crippen molar-refractivity contribution in [2.24, 2.45) is 0 Å². The Bertz CT molecular complexity index is 355. The highest BCUT2D eigenvalue weighted by Gasteiger charge is 2.20. The van der Waals surface area contributed by atoms with Crippen LogP contribution in [0.4, 0.5) is 0 Å². The van der Waals surface area contributed by atoms with Crippen LogP contribution in [-0.4, -0.2) is 17.5 Å². The predicted molar refractivity (Wildman–Crippen MR) is 53.8 cm³/mol. The Kier molecular flexibility index (Phi) is 2.98. The summed E-state index contributed by atoms with van der Waals surface area (Å²) in [7, 11) is 0. The molecule has 0 aromatic heterocycles. The molecule has 0 spiro atoms. The Hall–Kier alpha value is -1.58. The number of cyclic esters (lactones) is 1. The van der Waals surface area contributed by atoms with Crippen molar-refractivity contribution < 1.29 is 19.1 Å². The SMILES string of the molecule is CC1=CC(=O)OC1=CC(=O)OC(C)(C)C. The van der Waals surface area contributed by atoms with Gasteiger partial charge < -0.3 is 9.47 Å². The summed E-state index contributed by atoms with van der Waals surface area (Å²) >= 11 is 0. The van der Waals surface area contributed by atoms with Crippen molar-refractivity contribution in [1.82, 2.24) is 0 Å². The van der Waals surface area contributed by atoms with E-state index in [0.29, 0.717) is 5.57 Å². The Balaban J connectivity index is 2.70. The van der Waals surface area contributed by atoms with Crippen molar-refractivity contribution in [3.8, 4) is 0 Å². The Labute approximate surface area is 88.6 Å². The van der Waals surface area contributed by atoms with Gasteiger partial charge in [0.25, 0.3) is 0 Å². The summed E-state index contributed by atoms with van der Waals surface area (Å²) in [5.41, 5.74) is 0.0832. The van der Waals surface area contributed by atoms with Crippen LogP contribution in [0, 0.1) is 0 Å². The van der Waals surface area contributed by atoms with Gasteiger partial charge in [-0.2, -0.15) is 0 Å². The normalized spacial score (nSPS) is 18.8. The van der Waals surface area contributed by atoms with Crippen LogP contribution in [0.5, 0.6) is 0 Å². The van der Waals surface area contributed by atoms with Gasteiger partial charge in [0.05, 0.1) is 6.08 Å². The van der Waals surface area contributed by atoms with E-state index in [1.807, 2.05) is 0 Å². The summed E-state index contributed by atoms with van der Waals surface area (Å²) in [5, 5.41) is 0. The molecule has 0 N–H and O–H groups in total. The Morgan fingerprint density at radius 2 is 2.07 bits per heavy atom. The Morgan fingerprint density at radius 1 is 1.47 bits per heavy atom. The molecule has 4 heteroatoms. The molecule has 1 heterocycles. The van der Waals surface area contributed by atoms with E-state index in [1.54, 1.807) is 27.7 Å². The van der Waals surface area contributed by atoms with E-state index >= 15 is 0 Å². The summed E-state index contributed by atoms with van der Waals surface area (Å²) in [6.45, 7) is 7.01. The lowest BCUT2D eigenvalue weighted by Crippen LogP contribution is -2.22. The number of hydrogen-bond acceptors (Lipinski definition) is 4. The van der Waals surface area contributed by atoms with Gasteiger partial charge in [-0.1, -0.05) is 0 Å². The molecule has 0 aromatic carbocycles. The zero-order chi connectivity index (χ0) is 11.6. The van der Waals surface area contributed by atoms with Crippen LogP contribution < -0.4 is 0 Å². The van der Waals surface area contributed by atoms with Gasteiger partial charge in [0.15, 0.2) is 0 Å². The molecular weight excluding hydrogens is 196 g/mol. The maximum atomic E-state index is 11.3. The molecule has 0 amide bonds. The fourth-order valence-electron chi connectivity index (χ4n) is 1.05. The first-order valence-corrected chi connectivity index (χ1v) is 4.63. The van der Waals surface area contributed by atoms with E-state index < -0.39 is 17.5 Å². The second-order valence-corrected chi connectivity index (χ2v) is 4.29. The third-order valence-electron chi connectivity index (χ3n) is 1.59. The molecule has 1 rings (SSSR count). The van der Waals surface area contributed by atoms with E-state index in [4.69, 9.17) is 9.47 Å². The minimum absolute atomic E-state index is 0.259. The minimum Gasteiger partial charge on any atom is -0.457 e. The molecule has 1 aliphatic rings. The summed E-state index contributed by atoms with van der Waals surface area (Å²) in [6.07, 6.45) is 2.51. The lowest BCUT2D eigenvalue weighted by atomic mass is 10.2. The third-order valence-corrected chi connectivity index (χ3v) is 1.59. The number of hydrogen-bond donors (Lipinski definition) is 0. The molecule has 0 unspecified atom stereocenters. The summed E-state index contributed by atoms with van der Waals surface area (Å²) in [5.74, 6) is -0.712. The Morgan fingerprint density at radius 3 is 2.47 bits per heavy atom. The number of allylic oxidation sites excluding steroid dienone is 1. The second-order valence-electron chi connectivity index (χ2n) is 4.29. The number of rotatable bonds is 1. The molecule has 0 bridgehead atoms. The summed E-state index contributed by atoms with van der Waals surface area (Å²) < 4.78 is 9.84. The van der Waals surface area contributed by atoms with Crippen molar-refractivity contribution >= 4 is 11.9 Å². The average Bonchev–Trinajstić information content (AvgIpc) is 2.25. The van der Waals surface area contributed by atoms with Crippen LogP contribution in [0.25, 0.3) is 0 Å². The van der Waals surface area contributed by atoms with E-state index in [9.17, 15) is 9.59 Å². The third kappa shape index (κ3) is 3.58. The van der Waals surface area contributed by atoms with Crippen molar-refractivity contribution in [3.05, 3.63) is 23.5 Å². The molecule has 0 aliphatic carbocycles. The standard InChI is InChI=1S/C11H14O4/c1-7-5-9(12)14-8(7)6-10(13)15-11(2,3)4/h5-6H,1-4H3. The van der Waals surface area contributed by atoms with Gasteiger partial charge in [-0.05, 0) is 33.3 Å². The zero-order valence-electron chi connectivity index (χ0n) is 9.29. The van der Waals surface area contributed by atoms with Crippen molar-refractivity contribution in [2.45, 2.75) is 33.3 Å². The molecule has 1 aliphatic heterocycles. The van der Waals surface area contributed by atoms with Gasteiger partial charge >= 0.3 is 11.9 Å². The highest BCUT2D eigenvalue weighted by Crippen LogP contribution is 2.19. The number of carbonyl (C=O) groups excluding carboxylic acids is 2. The molecule has 0 radical (unpaired) electrons. The van der Waals surface area contributed by atoms with Gasteiger partial charge in [-0.25, -0.2) is 9.59 Å². The zero-order valence-corrected chi connectivity index (χ0v) is 9.29. The molecular formula is C11H14O4. The predicted octanol–water partition coefficient (Wildman–Crippen LogP) is 1.72. The van der Waals surface area contributed by atoms with Crippen LogP contribution in [0.3, 0.4) is 0 Å². The average molecular weight is 210 g/mol. The van der Waals surface area contributed by atoms with Gasteiger partial charge in [-0.3, -0.25) is 0 Å². The van der Waals surface area contributed by atoms with Crippen LogP contribution in [0.15, 0.2) is 23.5 Å². The number of ether oxygens (including phenoxy) is 2. The van der Waals surface area contributed by atoms with Gasteiger partial charge in [-0.15, -0.1) is 0 Å². The molecule has 4 nitrogen and oxygen atoms in total.